The molecule has 1 aliphatic heterocycles. The Morgan fingerprint density at radius 2 is 1.64 bits per heavy atom. The maximum Gasteiger partial charge on any atom is 0.243 e. The van der Waals surface area contributed by atoms with Crippen molar-refractivity contribution in [1.29, 1.82) is 0 Å². The molecule has 0 spiro atoms. The zero-order chi connectivity index (χ0) is 17.9. The molecular weight excluding hydrogens is 354 g/mol. The summed E-state index contributed by atoms with van der Waals surface area (Å²) in [6.07, 6.45) is 6.33. The Labute approximate surface area is 156 Å². The minimum atomic E-state index is -3.42. The first-order chi connectivity index (χ1) is 12.0. The van der Waals surface area contributed by atoms with Crippen LogP contribution in [-0.4, -0.2) is 56.0 Å². The van der Waals surface area contributed by atoms with Gasteiger partial charge in [0.1, 0.15) is 0 Å². The van der Waals surface area contributed by atoms with Crippen molar-refractivity contribution in [2.24, 2.45) is 0 Å². The van der Waals surface area contributed by atoms with Gasteiger partial charge >= 0.3 is 0 Å². The summed E-state index contributed by atoms with van der Waals surface area (Å²) in [6, 6.07) is 7.58. The van der Waals surface area contributed by atoms with E-state index in [4.69, 9.17) is 12.2 Å². The Bertz CT molecular complexity index is 690. The molecule has 1 saturated heterocycles. The van der Waals surface area contributed by atoms with Gasteiger partial charge in [0.25, 0.3) is 0 Å². The van der Waals surface area contributed by atoms with Gasteiger partial charge < -0.3 is 10.2 Å². The summed E-state index contributed by atoms with van der Waals surface area (Å²) in [6.45, 7) is 2.18. The van der Waals surface area contributed by atoms with Crippen molar-refractivity contribution in [3.63, 3.8) is 0 Å². The number of thiocarbonyl (C=S) groups is 1. The lowest BCUT2D eigenvalue weighted by Gasteiger charge is -2.35. The highest BCUT2D eigenvalue weighted by atomic mass is 32.2. The fourth-order valence-electron chi connectivity index (χ4n) is 3.79. The molecule has 0 bridgehead atoms. The summed E-state index contributed by atoms with van der Waals surface area (Å²) < 4.78 is 27.3. The van der Waals surface area contributed by atoms with Crippen molar-refractivity contribution in [3.05, 3.63) is 29.8 Å². The van der Waals surface area contributed by atoms with Gasteiger partial charge in [-0.15, -0.1) is 0 Å². The zero-order valence-electron chi connectivity index (χ0n) is 14.8. The summed E-state index contributed by atoms with van der Waals surface area (Å²) in [5, 5.41) is 3.62. The molecule has 25 heavy (non-hydrogen) atoms. The van der Waals surface area contributed by atoms with E-state index in [0.717, 1.165) is 0 Å². The lowest BCUT2D eigenvalue weighted by atomic mass is 9.84. The highest BCUT2D eigenvalue weighted by Crippen LogP contribution is 2.33. The van der Waals surface area contributed by atoms with Crippen molar-refractivity contribution < 1.29 is 8.42 Å². The first-order valence-corrected chi connectivity index (χ1v) is 10.9. The van der Waals surface area contributed by atoms with E-state index in [2.05, 4.69) is 5.32 Å². The first-order valence-electron chi connectivity index (χ1n) is 9.09. The van der Waals surface area contributed by atoms with Crippen LogP contribution in [0.15, 0.2) is 29.2 Å². The fourth-order valence-corrected chi connectivity index (χ4v) is 5.39. The van der Waals surface area contributed by atoms with E-state index in [-0.39, 0.29) is 0 Å². The van der Waals surface area contributed by atoms with E-state index < -0.39 is 10.0 Å². The third-order valence-electron chi connectivity index (χ3n) is 5.33. The Morgan fingerprint density at radius 3 is 2.20 bits per heavy atom. The molecule has 1 saturated carbocycles. The predicted molar refractivity (Wildman–Crippen MR) is 104 cm³/mol. The topological polar surface area (TPSA) is 52.6 Å². The van der Waals surface area contributed by atoms with E-state index in [0.29, 0.717) is 42.1 Å². The largest absolute Gasteiger partial charge is 0.366 e. The number of hydrogen-bond donors (Lipinski definition) is 1. The Morgan fingerprint density at radius 1 is 1.04 bits per heavy atom. The van der Waals surface area contributed by atoms with Crippen molar-refractivity contribution in [2.45, 2.75) is 42.9 Å². The molecule has 1 heterocycles. The molecule has 0 atom stereocenters. The lowest BCUT2D eigenvalue weighted by molar-refractivity contribution is 0.265. The van der Waals surface area contributed by atoms with Crippen molar-refractivity contribution in [3.8, 4) is 0 Å². The quantitative estimate of drug-likeness (QED) is 0.816. The third kappa shape index (κ3) is 4.15. The average molecular weight is 382 g/mol. The minimum Gasteiger partial charge on any atom is -0.366 e. The molecule has 1 aliphatic carbocycles. The molecule has 0 radical (unpaired) electrons. The minimum absolute atomic E-state index is 0.400. The Balaban J connectivity index is 1.67. The van der Waals surface area contributed by atoms with Gasteiger partial charge in [-0.2, -0.15) is 4.31 Å². The van der Waals surface area contributed by atoms with Gasteiger partial charge in [-0.25, -0.2) is 8.42 Å². The fraction of sp³-hybridized carbons (Fsp3) is 0.611. The second kappa shape index (κ2) is 8.01. The number of nitrogens with one attached hydrogen (secondary N) is 1. The van der Waals surface area contributed by atoms with Gasteiger partial charge in [0.2, 0.25) is 10.0 Å². The van der Waals surface area contributed by atoms with Gasteiger partial charge in [-0.3, -0.25) is 0 Å². The van der Waals surface area contributed by atoms with Crippen LogP contribution in [0.1, 0.15) is 43.6 Å². The van der Waals surface area contributed by atoms with Gasteiger partial charge in [-0.1, -0.05) is 31.4 Å². The van der Waals surface area contributed by atoms with Crippen molar-refractivity contribution in [1.82, 2.24) is 14.5 Å². The van der Waals surface area contributed by atoms with Gasteiger partial charge in [0, 0.05) is 33.2 Å². The van der Waals surface area contributed by atoms with Crippen molar-refractivity contribution >= 4 is 27.4 Å². The first kappa shape index (κ1) is 18.6. The van der Waals surface area contributed by atoms with E-state index in [1.54, 1.807) is 23.5 Å². The highest BCUT2D eigenvalue weighted by Gasteiger charge is 2.29. The number of hydrogen-bond acceptors (Lipinski definition) is 3. The van der Waals surface area contributed by atoms with Gasteiger partial charge in [-0.05, 0) is 48.7 Å². The van der Waals surface area contributed by atoms with Crippen LogP contribution in [0.3, 0.4) is 0 Å². The number of piperazine rings is 1. The summed E-state index contributed by atoms with van der Waals surface area (Å²) in [5.74, 6) is 0.594. The van der Waals surface area contributed by atoms with Gasteiger partial charge in [0.05, 0.1) is 4.90 Å². The van der Waals surface area contributed by atoms with E-state index in [9.17, 15) is 8.42 Å². The Hall–Kier alpha value is -1.18. The molecule has 7 heteroatoms. The molecule has 1 aromatic rings. The summed E-state index contributed by atoms with van der Waals surface area (Å²) >= 11 is 5.22. The molecule has 3 rings (SSSR count). The van der Waals surface area contributed by atoms with Crippen LogP contribution >= 0.6 is 12.2 Å². The van der Waals surface area contributed by atoms with Crippen LogP contribution in [0.2, 0.25) is 0 Å². The van der Waals surface area contributed by atoms with Crippen LogP contribution in [0.25, 0.3) is 0 Å². The molecule has 2 aliphatic rings. The SMILES string of the molecule is CNC(=S)N1CCN(S(=O)(=O)c2ccc(C3CCCCC3)cc2)CC1. The maximum atomic E-state index is 12.9. The van der Waals surface area contributed by atoms with E-state index in [1.807, 2.05) is 17.0 Å². The number of rotatable bonds is 3. The lowest BCUT2D eigenvalue weighted by Crippen LogP contribution is -2.52. The second-order valence-corrected chi connectivity index (χ2v) is 9.17. The average Bonchev–Trinajstić information content (AvgIpc) is 2.68. The van der Waals surface area contributed by atoms with Crippen LogP contribution in [0, 0.1) is 0 Å². The summed E-state index contributed by atoms with van der Waals surface area (Å²) in [4.78, 5) is 2.41. The molecule has 0 unspecified atom stereocenters. The number of sulfonamides is 1. The smallest absolute Gasteiger partial charge is 0.243 e. The Kier molecular flexibility index (Phi) is 5.96. The standard InChI is InChI=1S/C18H27N3O2S2/c1-19-18(24)20-11-13-21(14-12-20)25(22,23)17-9-7-16(8-10-17)15-5-3-2-4-6-15/h7-10,15H,2-6,11-14H2,1H3,(H,19,24). The third-order valence-corrected chi connectivity index (χ3v) is 7.71. The second-order valence-electron chi connectivity index (χ2n) is 6.85. The molecule has 1 N–H and O–H groups in total. The number of nitrogens with zero attached hydrogens (tertiary/aromatic N) is 2. The summed E-state index contributed by atoms with van der Waals surface area (Å²) in [7, 11) is -1.63. The normalized spacial score (nSPS) is 20.4. The van der Waals surface area contributed by atoms with E-state index in [1.165, 1.54) is 37.7 Å². The molecule has 138 valence electrons. The van der Waals surface area contributed by atoms with Crippen LogP contribution in [-0.2, 0) is 10.0 Å². The maximum absolute atomic E-state index is 12.9. The predicted octanol–water partition coefficient (Wildman–Crippen LogP) is 2.54. The van der Waals surface area contributed by atoms with Crippen LogP contribution in [0.5, 0.6) is 0 Å². The highest BCUT2D eigenvalue weighted by molar-refractivity contribution is 7.89. The molecule has 5 nitrogen and oxygen atoms in total. The van der Waals surface area contributed by atoms with Crippen molar-refractivity contribution in [2.75, 3.05) is 33.2 Å². The number of benzene rings is 1. The van der Waals surface area contributed by atoms with Gasteiger partial charge in [0.15, 0.2) is 5.11 Å². The molecule has 1 aromatic carbocycles. The van der Waals surface area contributed by atoms with Crippen LogP contribution in [0.4, 0.5) is 0 Å². The molecular formula is C18H27N3O2S2. The monoisotopic (exact) mass is 381 g/mol. The summed E-state index contributed by atoms with van der Waals surface area (Å²) in [5.41, 5.74) is 1.28. The molecule has 0 amide bonds. The van der Waals surface area contributed by atoms with Crippen LogP contribution < -0.4 is 5.32 Å². The zero-order valence-corrected chi connectivity index (χ0v) is 16.4. The van der Waals surface area contributed by atoms with E-state index >= 15 is 0 Å². The molecule has 0 aromatic heterocycles. The molecule has 2 fully saturated rings.